The van der Waals surface area contributed by atoms with Crippen LogP contribution in [0, 0.1) is 6.92 Å². The van der Waals surface area contributed by atoms with Crippen LogP contribution >= 0.6 is 0 Å². The summed E-state index contributed by atoms with van der Waals surface area (Å²) in [6.07, 6.45) is 4.64. The number of benzene rings is 1. The van der Waals surface area contributed by atoms with E-state index in [1.807, 2.05) is 0 Å². The molecule has 0 fully saturated rings. The molecular weight excluding hydrogens is 172 g/mol. The molecule has 0 saturated heterocycles. The minimum Gasteiger partial charge on any atom is -0.359 e. The summed E-state index contributed by atoms with van der Waals surface area (Å²) in [5.41, 5.74) is 2.56. The van der Waals surface area contributed by atoms with Crippen molar-refractivity contribution in [3.63, 3.8) is 0 Å². The van der Waals surface area contributed by atoms with Crippen LogP contribution in [0.3, 0.4) is 0 Å². The summed E-state index contributed by atoms with van der Waals surface area (Å²) < 4.78 is 0. The van der Waals surface area contributed by atoms with Crippen molar-refractivity contribution in [1.29, 1.82) is 0 Å². The molecule has 0 bridgehead atoms. The van der Waals surface area contributed by atoms with E-state index in [0.29, 0.717) is 6.17 Å². The molecule has 1 heterocycles. The molecule has 2 rings (SSSR count). The fraction of sp³-hybridized carbons (Fsp3) is 0.333. The molecule has 1 aliphatic heterocycles. The molecule has 1 aromatic carbocycles. The van der Waals surface area contributed by atoms with E-state index >= 15 is 0 Å². The van der Waals surface area contributed by atoms with Crippen molar-refractivity contribution in [3.8, 4) is 0 Å². The van der Waals surface area contributed by atoms with Crippen LogP contribution in [0.1, 0.15) is 12.5 Å². The first-order chi connectivity index (χ1) is 6.68. The van der Waals surface area contributed by atoms with Crippen LogP contribution in [0.25, 0.3) is 0 Å². The Morgan fingerprint density at radius 3 is 2.21 bits per heavy atom. The molecule has 0 spiro atoms. The van der Waals surface area contributed by atoms with Crippen LogP contribution in [0.4, 0.5) is 5.69 Å². The molecule has 74 valence electrons. The van der Waals surface area contributed by atoms with Crippen molar-refractivity contribution in [2.45, 2.75) is 20.0 Å². The van der Waals surface area contributed by atoms with Gasteiger partial charge in [-0.15, -0.1) is 0 Å². The van der Waals surface area contributed by atoms with E-state index < -0.39 is 0 Å². The summed E-state index contributed by atoms with van der Waals surface area (Å²) in [6, 6.07) is 8.62. The van der Waals surface area contributed by atoms with E-state index in [4.69, 9.17) is 0 Å². The van der Waals surface area contributed by atoms with Gasteiger partial charge < -0.3 is 9.80 Å². The third-order valence-corrected chi connectivity index (χ3v) is 2.79. The normalized spacial score (nSPS) is 20.6. The molecule has 1 aliphatic rings. The molecule has 2 nitrogen and oxygen atoms in total. The molecule has 0 N–H and O–H groups in total. The zero-order valence-corrected chi connectivity index (χ0v) is 8.94. The average Bonchev–Trinajstić information content (AvgIpc) is 2.50. The highest BCUT2D eigenvalue weighted by Gasteiger charge is 2.19. The summed E-state index contributed by atoms with van der Waals surface area (Å²) in [5, 5.41) is 0. The van der Waals surface area contributed by atoms with Crippen LogP contribution in [0.15, 0.2) is 36.7 Å². The van der Waals surface area contributed by atoms with Crippen LogP contribution < -0.4 is 4.90 Å². The van der Waals surface area contributed by atoms with Gasteiger partial charge in [0.2, 0.25) is 0 Å². The van der Waals surface area contributed by atoms with Gasteiger partial charge in [-0.05, 0) is 26.0 Å². The van der Waals surface area contributed by atoms with Crippen molar-refractivity contribution in [2.75, 3.05) is 11.9 Å². The second-order valence-corrected chi connectivity index (χ2v) is 3.84. The predicted molar refractivity (Wildman–Crippen MR) is 60.0 cm³/mol. The summed E-state index contributed by atoms with van der Waals surface area (Å²) in [7, 11) is 2.09. The smallest absolute Gasteiger partial charge is 0.102 e. The van der Waals surface area contributed by atoms with Crippen molar-refractivity contribution in [3.05, 3.63) is 42.2 Å². The second-order valence-electron chi connectivity index (χ2n) is 3.84. The fourth-order valence-electron chi connectivity index (χ4n) is 1.64. The van der Waals surface area contributed by atoms with Crippen LogP contribution in [-0.4, -0.2) is 18.1 Å². The van der Waals surface area contributed by atoms with Crippen molar-refractivity contribution in [2.24, 2.45) is 0 Å². The number of nitrogens with zero attached hydrogens (tertiary/aromatic N) is 2. The minimum atomic E-state index is 0.415. The van der Waals surface area contributed by atoms with Gasteiger partial charge >= 0.3 is 0 Å². The van der Waals surface area contributed by atoms with E-state index in [1.165, 1.54) is 11.3 Å². The Bertz CT molecular complexity index is 340. The summed E-state index contributed by atoms with van der Waals surface area (Å²) in [5.74, 6) is 0. The highest BCUT2D eigenvalue weighted by atomic mass is 15.4. The van der Waals surface area contributed by atoms with Gasteiger partial charge in [-0.3, -0.25) is 0 Å². The topological polar surface area (TPSA) is 6.48 Å². The minimum absolute atomic E-state index is 0.415. The molecule has 0 amide bonds. The SMILES string of the molecule is Cc1ccc(N2C=CN(C)C2C)cc1. The summed E-state index contributed by atoms with van der Waals surface area (Å²) in [4.78, 5) is 4.46. The molecule has 2 heteroatoms. The standard InChI is InChI=1S/C12H16N2/c1-10-4-6-12(7-5-10)14-9-8-13(3)11(14)2/h4-9,11H,1-3H3. The Balaban J connectivity index is 2.24. The first-order valence-corrected chi connectivity index (χ1v) is 4.94. The third-order valence-electron chi connectivity index (χ3n) is 2.79. The molecule has 14 heavy (non-hydrogen) atoms. The van der Waals surface area contributed by atoms with Gasteiger partial charge in [0.15, 0.2) is 0 Å². The molecule has 0 radical (unpaired) electrons. The summed E-state index contributed by atoms with van der Waals surface area (Å²) >= 11 is 0. The third kappa shape index (κ3) is 1.48. The maximum atomic E-state index is 2.26. The first-order valence-electron chi connectivity index (χ1n) is 4.94. The van der Waals surface area contributed by atoms with Crippen molar-refractivity contribution >= 4 is 5.69 Å². The lowest BCUT2D eigenvalue weighted by Gasteiger charge is -2.27. The Hall–Kier alpha value is -1.44. The van der Waals surface area contributed by atoms with Gasteiger partial charge in [0.1, 0.15) is 6.17 Å². The van der Waals surface area contributed by atoms with Crippen LogP contribution in [0.5, 0.6) is 0 Å². The van der Waals surface area contributed by atoms with Gasteiger partial charge in [-0.25, -0.2) is 0 Å². The van der Waals surface area contributed by atoms with Crippen LogP contribution in [0.2, 0.25) is 0 Å². The highest BCUT2D eigenvalue weighted by Crippen LogP contribution is 2.23. The zero-order valence-electron chi connectivity index (χ0n) is 8.94. The second kappa shape index (κ2) is 3.37. The van der Waals surface area contributed by atoms with Gasteiger partial charge in [0.25, 0.3) is 0 Å². The average molecular weight is 188 g/mol. The molecule has 1 unspecified atom stereocenters. The molecular formula is C12H16N2. The van der Waals surface area contributed by atoms with Gasteiger partial charge in [0.05, 0.1) is 0 Å². The monoisotopic (exact) mass is 188 g/mol. The molecule has 0 aromatic heterocycles. The van der Waals surface area contributed by atoms with Crippen LogP contribution in [-0.2, 0) is 0 Å². The van der Waals surface area contributed by atoms with E-state index in [-0.39, 0.29) is 0 Å². The number of hydrogen-bond donors (Lipinski definition) is 0. The van der Waals surface area contributed by atoms with Gasteiger partial charge in [-0.1, -0.05) is 17.7 Å². The van der Waals surface area contributed by atoms with Crippen molar-refractivity contribution in [1.82, 2.24) is 4.90 Å². The summed E-state index contributed by atoms with van der Waals surface area (Å²) in [6.45, 7) is 4.30. The number of anilines is 1. The molecule has 1 atom stereocenters. The lowest BCUT2D eigenvalue weighted by molar-refractivity contribution is 0.383. The Kier molecular flexibility index (Phi) is 2.20. The molecule has 1 aromatic rings. The maximum Gasteiger partial charge on any atom is 0.102 e. The van der Waals surface area contributed by atoms with E-state index in [0.717, 1.165) is 0 Å². The van der Waals surface area contributed by atoms with E-state index in [9.17, 15) is 0 Å². The molecule has 0 aliphatic carbocycles. The highest BCUT2D eigenvalue weighted by molar-refractivity contribution is 5.52. The fourth-order valence-corrected chi connectivity index (χ4v) is 1.64. The Morgan fingerprint density at radius 2 is 1.71 bits per heavy atom. The predicted octanol–water partition coefficient (Wildman–Crippen LogP) is 2.56. The number of rotatable bonds is 1. The molecule has 0 saturated carbocycles. The Morgan fingerprint density at radius 1 is 1.07 bits per heavy atom. The maximum absolute atomic E-state index is 2.26. The largest absolute Gasteiger partial charge is 0.359 e. The quantitative estimate of drug-likeness (QED) is 0.668. The van der Waals surface area contributed by atoms with Gasteiger partial charge in [0, 0.05) is 25.1 Å². The van der Waals surface area contributed by atoms with E-state index in [2.05, 4.69) is 67.4 Å². The first kappa shape index (κ1) is 9.13. The zero-order chi connectivity index (χ0) is 10.1. The number of aryl methyl sites for hydroxylation is 1. The van der Waals surface area contributed by atoms with Crippen molar-refractivity contribution < 1.29 is 0 Å². The Labute approximate surface area is 85.4 Å². The number of hydrogen-bond acceptors (Lipinski definition) is 2. The lowest BCUT2D eigenvalue weighted by atomic mass is 10.2. The lowest BCUT2D eigenvalue weighted by Crippen LogP contribution is -2.33. The van der Waals surface area contributed by atoms with E-state index in [1.54, 1.807) is 0 Å². The van der Waals surface area contributed by atoms with Gasteiger partial charge in [-0.2, -0.15) is 0 Å².